The van der Waals surface area contributed by atoms with E-state index in [1.165, 1.54) is 6.08 Å². The molecule has 30 heavy (non-hydrogen) atoms. The predicted molar refractivity (Wildman–Crippen MR) is 127 cm³/mol. The van der Waals surface area contributed by atoms with Crippen LogP contribution in [0.4, 0.5) is 0 Å². The van der Waals surface area contributed by atoms with Crippen LogP contribution < -0.4 is 15.9 Å². The number of rotatable bonds is 7. The average Bonchev–Trinajstić information content (AvgIpc) is 2.79. The van der Waals surface area contributed by atoms with Crippen molar-refractivity contribution in [3.8, 4) is 0 Å². The van der Waals surface area contributed by atoms with Crippen molar-refractivity contribution in [2.24, 2.45) is 0 Å². The van der Waals surface area contributed by atoms with Gasteiger partial charge in [0.15, 0.2) is 5.78 Å². The number of allylic oxidation sites excluding steroid dienone is 2. The molecule has 152 valence electrons. The summed E-state index contributed by atoms with van der Waals surface area (Å²) in [6.45, 7) is 0.930. The second-order valence-electron chi connectivity index (χ2n) is 6.61. The number of benzene rings is 3. The van der Waals surface area contributed by atoms with E-state index >= 15 is 0 Å². The monoisotopic (exact) mass is 416 g/mol. The fourth-order valence-electron chi connectivity index (χ4n) is 3.62. The summed E-state index contributed by atoms with van der Waals surface area (Å²) < 4.78 is 5.44. The Balaban J connectivity index is 2.63. The molecule has 0 aliphatic carbocycles. The first-order valence-electron chi connectivity index (χ1n) is 9.93. The van der Waals surface area contributed by atoms with E-state index < -0.39 is 12.9 Å². The zero-order valence-corrected chi connectivity index (χ0v) is 18.1. The van der Waals surface area contributed by atoms with Crippen molar-refractivity contribution in [1.82, 2.24) is 0 Å². The van der Waals surface area contributed by atoms with Gasteiger partial charge in [-0.3, -0.25) is 4.79 Å². The standard InChI is InChI=1S/C26H25O3P/c1-3-14-24(27)25(26(28)29-4-2)30(21-15-8-5-9-16-21,22-17-10-6-11-18-22)23-19-12-7-13-20-23/h3,5-20H,4H2,1-2H3/b14-3+. The lowest BCUT2D eigenvalue weighted by atomic mass is 10.2. The van der Waals surface area contributed by atoms with Gasteiger partial charge in [-0.1, -0.05) is 97.1 Å². The highest BCUT2D eigenvalue weighted by Gasteiger charge is 2.36. The summed E-state index contributed by atoms with van der Waals surface area (Å²) in [6, 6.07) is 29.4. The zero-order chi connectivity index (χ0) is 21.4. The van der Waals surface area contributed by atoms with Gasteiger partial charge in [0.25, 0.3) is 0 Å². The van der Waals surface area contributed by atoms with Gasteiger partial charge in [0, 0.05) is 0 Å². The molecule has 0 saturated heterocycles. The van der Waals surface area contributed by atoms with Crippen molar-refractivity contribution in [2.45, 2.75) is 13.8 Å². The molecule has 3 rings (SSSR count). The third-order valence-electron chi connectivity index (χ3n) is 4.79. The van der Waals surface area contributed by atoms with Crippen LogP contribution in [0.1, 0.15) is 13.8 Å². The number of carbonyl (C=O) groups excluding carboxylic acids is 2. The molecule has 0 radical (unpaired) electrons. The van der Waals surface area contributed by atoms with Gasteiger partial charge < -0.3 is 4.74 Å². The van der Waals surface area contributed by atoms with Crippen molar-refractivity contribution in [3.63, 3.8) is 0 Å². The maximum Gasteiger partial charge on any atom is 0.343 e. The summed E-state index contributed by atoms with van der Waals surface area (Å²) >= 11 is 0. The number of ether oxygens (including phenoxy) is 1. The first-order valence-corrected chi connectivity index (χ1v) is 11.7. The Bertz CT molecular complexity index is 981. The largest absolute Gasteiger partial charge is 0.462 e. The SMILES string of the molecule is C/C=C/C(=O)C(C(=O)OCC)=P(c1ccccc1)(c1ccccc1)c1ccccc1. The molecule has 0 saturated carbocycles. The highest BCUT2D eigenvalue weighted by Crippen LogP contribution is 2.46. The topological polar surface area (TPSA) is 43.4 Å². The number of ketones is 1. The summed E-state index contributed by atoms with van der Waals surface area (Å²) in [4.78, 5) is 26.8. The molecular weight excluding hydrogens is 391 g/mol. The molecule has 0 aliphatic rings. The Labute approximate surface area is 178 Å². The molecule has 4 heteroatoms. The van der Waals surface area contributed by atoms with Crippen LogP contribution in [-0.4, -0.2) is 23.7 Å². The van der Waals surface area contributed by atoms with E-state index in [2.05, 4.69) is 0 Å². The van der Waals surface area contributed by atoms with Crippen LogP contribution in [0.2, 0.25) is 0 Å². The fraction of sp³-hybridized carbons (Fsp3) is 0.115. The Morgan fingerprint density at radius 1 is 0.767 bits per heavy atom. The van der Waals surface area contributed by atoms with Crippen molar-refractivity contribution < 1.29 is 14.3 Å². The molecule has 3 aromatic carbocycles. The average molecular weight is 416 g/mol. The first kappa shape index (κ1) is 21.5. The van der Waals surface area contributed by atoms with E-state index in [9.17, 15) is 9.59 Å². The van der Waals surface area contributed by atoms with Crippen LogP contribution in [0.15, 0.2) is 103 Å². The van der Waals surface area contributed by atoms with Gasteiger partial charge in [0.05, 0.1) is 6.61 Å². The maximum absolute atomic E-state index is 13.4. The minimum absolute atomic E-state index is 0.186. The number of hydrogen-bond donors (Lipinski definition) is 0. The van der Waals surface area contributed by atoms with E-state index in [4.69, 9.17) is 4.74 Å². The third-order valence-corrected chi connectivity index (χ3v) is 9.08. The molecule has 0 atom stereocenters. The van der Waals surface area contributed by atoms with E-state index in [0.29, 0.717) is 0 Å². The van der Waals surface area contributed by atoms with Crippen molar-refractivity contribution >= 4 is 39.8 Å². The third kappa shape index (κ3) is 4.08. The number of hydrogen-bond acceptors (Lipinski definition) is 3. The van der Waals surface area contributed by atoms with Crippen LogP contribution in [0.25, 0.3) is 0 Å². The molecule has 0 heterocycles. The normalized spacial score (nSPS) is 11.3. The highest BCUT2D eigenvalue weighted by molar-refractivity contribution is 7.97. The molecule has 0 spiro atoms. The highest BCUT2D eigenvalue weighted by atomic mass is 31.2. The number of esters is 1. The van der Waals surface area contributed by atoms with Crippen LogP contribution in [0.5, 0.6) is 0 Å². The fourth-order valence-corrected chi connectivity index (χ4v) is 7.89. The Morgan fingerprint density at radius 3 is 1.50 bits per heavy atom. The van der Waals surface area contributed by atoms with Gasteiger partial charge in [-0.15, -0.1) is 0 Å². The van der Waals surface area contributed by atoms with E-state index in [1.54, 1.807) is 19.9 Å². The first-order chi connectivity index (χ1) is 14.7. The second-order valence-corrected chi connectivity index (χ2v) is 9.95. The molecule has 0 fully saturated rings. The van der Waals surface area contributed by atoms with Crippen LogP contribution in [0.3, 0.4) is 0 Å². The summed E-state index contributed by atoms with van der Waals surface area (Å²) in [5, 5.41) is 2.99. The molecule has 3 aromatic rings. The lowest BCUT2D eigenvalue weighted by Gasteiger charge is -2.31. The molecular formula is C26H25O3P. The van der Waals surface area contributed by atoms with E-state index in [1.807, 2.05) is 91.0 Å². The van der Waals surface area contributed by atoms with Gasteiger partial charge in [0.1, 0.15) is 5.29 Å². The lowest BCUT2D eigenvalue weighted by Crippen LogP contribution is -2.37. The van der Waals surface area contributed by atoms with Crippen LogP contribution >= 0.6 is 6.89 Å². The quantitative estimate of drug-likeness (QED) is 0.254. The van der Waals surface area contributed by atoms with Crippen LogP contribution in [-0.2, 0) is 14.3 Å². The summed E-state index contributed by atoms with van der Waals surface area (Å²) in [7, 11) is 0. The van der Waals surface area contributed by atoms with Crippen LogP contribution in [0, 0.1) is 0 Å². The minimum atomic E-state index is -2.79. The van der Waals surface area contributed by atoms with Crippen molar-refractivity contribution in [3.05, 3.63) is 103 Å². The summed E-state index contributed by atoms with van der Waals surface area (Å²) in [5.41, 5.74) is 0. The number of carbonyl (C=O) groups is 2. The second kappa shape index (κ2) is 10.0. The Hall–Kier alpha value is -3.16. The molecule has 3 nitrogen and oxygen atoms in total. The minimum Gasteiger partial charge on any atom is -0.462 e. The molecule has 0 N–H and O–H groups in total. The van der Waals surface area contributed by atoms with Gasteiger partial charge in [0.2, 0.25) is 0 Å². The van der Waals surface area contributed by atoms with Gasteiger partial charge in [-0.25, -0.2) is 4.79 Å². The van der Waals surface area contributed by atoms with Gasteiger partial charge in [-0.05, 0) is 42.7 Å². The van der Waals surface area contributed by atoms with Gasteiger partial charge in [-0.2, -0.15) is 0 Å². The van der Waals surface area contributed by atoms with Crippen molar-refractivity contribution in [1.29, 1.82) is 0 Å². The van der Waals surface area contributed by atoms with E-state index in [0.717, 1.165) is 15.9 Å². The molecule has 0 bridgehead atoms. The summed E-state index contributed by atoms with van der Waals surface area (Å²) in [6.07, 6.45) is 3.12. The molecule has 0 aromatic heterocycles. The molecule has 0 unspecified atom stereocenters. The molecule has 0 amide bonds. The van der Waals surface area contributed by atoms with Crippen molar-refractivity contribution in [2.75, 3.05) is 6.61 Å². The van der Waals surface area contributed by atoms with Gasteiger partial charge >= 0.3 is 5.97 Å². The lowest BCUT2D eigenvalue weighted by molar-refractivity contribution is -0.135. The summed E-state index contributed by atoms with van der Waals surface area (Å²) in [5.74, 6) is -0.883. The van der Waals surface area contributed by atoms with E-state index in [-0.39, 0.29) is 17.7 Å². The Kier molecular flexibility index (Phi) is 7.21. The maximum atomic E-state index is 13.4. The zero-order valence-electron chi connectivity index (χ0n) is 17.2. The molecule has 0 aliphatic heterocycles. The predicted octanol–water partition coefficient (Wildman–Crippen LogP) is 3.86. The Morgan fingerprint density at radius 2 is 1.17 bits per heavy atom. The smallest absolute Gasteiger partial charge is 0.343 e.